The van der Waals surface area contributed by atoms with Crippen molar-refractivity contribution in [1.29, 1.82) is 10.5 Å². The second-order valence-corrected chi connectivity index (χ2v) is 4.36. The largest absolute Gasteiger partial charge is 0.482 e. The zero-order valence-corrected chi connectivity index (χ0v) is 11.7. The first-order valence-electron chi connectivity index (χ1n) is 6.41. The monoisotopic (exact) mass is 271 g/mol. The van der Waals surface area contributed by atoms with Crippen molar-refractivity contribution in [2.75, 3.05) is 19.7 Å². The molecule has 0 aliphatic heterocycles. The van der Waals surface area contributed by atoms with Crippen molar-refractivity contribution < 1.29 is 9.53 Å². The van der Waals surface area contributed by atoms with Gasteiger partial charge >= 0.3 is 0 Å². The van der Waals surface area contributed by atoms with Crippen LogP contribution in [0.5, 0.6) is 5.75 Å². The van der Waals surface area contributed by atoms with Gasteiger partial charge in [-0.1, -0.05) is 12.1 Å². The third kappa shape index (κ3) is 4.29. The number of rotatable bonds is 6. The maximum atomic E-state index is 12.0. The normalized spacial score (nSPS) is 11.0. The summed E-state index contributed by atoms with van der Waals surface area (Å²) in [4.78, 5) is 13.6. The summed E-state index contributed by atoms with van der Waals surface area (Å²) in [5, 5.41) is 17.7. The molecule has 1 atom stereocenters. The molecule has 0 spiro atoms. The van der Waals surface area contributed by atoms with Gasteiger partial charge in [-0.05, 0) is 26.0 Å². The van der Waals surface area contributed by atoms with Gasteiger partial charge < -0.3 is 9.64 Å². The molecule has 0 heterocycles. The van der Waals surface area contributed by atoms with Gasteiger partial charge in [0.15, 0.2) is 6.61 Å². The predicted octanol–water partition coefficient (Wildman–Crippen LogP) is 1.95. The molecule has 0 fully saturated rings. The van der Waals surface area contributed by atoms with E-state index in [4.69, 9.17) is 15.3 Å². The van der Waals surface area contributed by atoms with E-state index in [1.54, 1.807) is 36.1 Å². The molecule has 20 heavy (non-hydrogen) atoms. The van der Waals surface area contributed by atoms with Gasteiger partial charge in [-0.15, -0.1) is 0 Å². The summed E-state index contributed by atoms with van der Waals surface area (Å²) >= 11 is 0. The van der Waals surface area contributed by atoms with E-state index in [1.165, 1.54) is 0 Å². The molecule has 0 aliphatic rings. The van der Waals surface area contributed by atoms with Crippen molar-refractivity contribution in [3.8, 4) is 17.9 Å². The second-order valence-electron chi connectivity index (χ2n) is 4.36. The van der Waals surface area contributed by atoms with E-state index in [0.717, 1.165) is 0 Å². The molecular weight excluding hydrogens is 254 g/mol. The highest BCUT2D eigenvalue weighted by atomic mass is 16.5. The number of benzene rings is 1. The number of ether oxygens (including phenoxy) is 1. The first-order chi connectivity index (χ1) is 9.62. The number of hydrogen-bond acceptors (Lipinski definition) is 4. The van der Waals surface area contributed by atoms with E-state index in [0.29, 0.717) is 24.4 Å². The lowest BCUT2D eigenvalue weighted by molar-refractivity contribution is -0.133. The van der Waals surface area contributed by atoms with Gasteiger partial charge in [0.05, 0.1) is 17.6 Å². The molecule has 1 rings (SSSR count). The smallest absolute Gasteiger partial charge is 0.260 e. The van der Waals surface area contributed by atoms with Crippen LogP contribution in [0.4, 0.5) is 0 Å². The van der Waals surface area contributed by atoms with Gasteiger partial charge in [-0.25, -0.2) is 0 Å². The number of carbonyl (C=O) groups excluding carboxylic acids is 1. The lowest BCUT2D eigenvalue weighted by atomic mass is 10.2. The zero-order chi connectivity index (χ0) is 15.0. The van der Waals surface area contributed by atoms with E-state index in [2.05, 4.69) is 6.07 Å². The highest BCUT2D eigenvalue weighted by Crippen LogP contribution is 2.16. The minimum atomic E-state index is -0.217. The Bertz CT molecular complexity index is 543. The van der Waals surface area contributed by atoms with E-state index in [-0.39, 0.29) is 18.4 Å². The summed E-state index contributed by atoms with van der Waals surface area (Å²) in [5.41, 5.74) is 0.397. The molecule has 0 saturated carbocycles. The maximum Gasteiger partial charge on any atom is 0.260 e. The van der Waals surface area contributed by atoms with Crippen molar-refractivity contribution >= 4 is 5.91 Å². The van der Waals surface area contributed by atoms with Gasteiger partial charge in [0, 0.05) is 13.1 Å². The summed E-state index contributed by atoms with van der Waals surface area (Å²) in [5.74, 6) is -0.0135. The summed E-state index contributed by atoms with van der Waals surface area (Å²) in [6.45, 7) is 4.39. The first-order valence-corrected chi connectivity index (χ1v) is 6.41. The first kappa shape index (κ1) is 15.5. The number of hydrogen-bond donors (Lipinski definition) is 0. The van der Waals surface area contributed by atoms with Gasteiger partial charge in [0.1, 0.15) is 11.8 Å². The zero-order valence-electron chi connectivity index (χ0n) is 11.7. The fraction of sp³-hybridized carbons (Fsp3) is 0.400. The molecule has 1 aromatic rings. The molecule has 104 valence electrons. The van der Waals surface area contributed by atoms with Crippen LogP contribution in [0.3, 0.4) is 0 Å². The molecule has 0 N–H and O–H groups in total. The Morgan fingerprint density at radius 2 is 2.10 bits per heavy atom. The van der Waals surface area contributed by atoms with Crippen LogP contribution in [0.2, 0.25) is 0 Å². The lowest BCUT2D eigenvalue weighted by Crippen LogP contribution is -2.37. The summed E-state index contributed by atoms with van der Waals surface area (Å²) in [6, 6.07) is 10.9. The Morgan fingerprint density at radius 3 is 2.70 bits per heavy atom. The molecule has 0 saturated heterocycles. The van der Waals surface area contributed by atoms with Crippen LogP contribution < -0.4 is 4.74 Å². The van der Waals surface area contributed by atoms with Crippen molar-refractivity contribution in [3.05, 3.63) is 29.8 Å². The standard InChI is InChI=1S/C15H17N3O2/c1-3-18(10-12(2)8-16)15(19)11-20-14-7-5-4-6-13(14)9-17/h4-7,12H,3,10-11H2,1-2H3. The number of likely N-dealkylation sites (N-methyl/N-ethyl adjacent to an activating group) is 1. The molecule has 5 nitrogen and oxygen atoms in total. The topological polar surface area (TPSA) is 77.1 Å². The Kier molecular flexibility index (Phi) is 6.06. The third-order valence-corrected chi connectivity index (χ3v) is 2.81. The van der Waals surface area contributed by atoms with Crippen LogP contribution in [0.1, 0.15) is 19.4 Å². The predicted molar refractivity (Wildman–Crippen MR) is 73.7 cm³/mol. The highest BCUT2D eigenvalue weighted by molar-refractivity contribution is 5.77. The number of carbonyl (C=O) groups is 1. The molecule has 0 aromatic heterocycles. The van der Waals surface area contributed by atoms with Crippen molar-refractivity contribution in [3.63, 3.8) is 0 Å². The van der Waals surface area contributed by atoms with Crippen molar-refractivity contribution in [2.45, 2.75) is 13.8 Å². The molecule has 0 bridgehead atoms. The molecule has 1 unspecified atom stereocenters. The van der Waals surface area contributed by atoms with Crippen LogP contribution in [-0.2, 0) is 4.79 Å². The van der Waals surface area contributed by atoms with E-state index >= 15 is 0 Å². The van der Waals surface area contributed by atoms with Gasteiger partial charge in [0.2, 0.25) is 0 Å². The van der Waals surface area contributed by atoms with Crippen LogP contribution in [0, 0.1) is 28.6 Å². The minimum Gasteiger partial charge on any atom is -0.482 e. The van der Waals surface area contributed by atoms with E-state index < -0.39 is 0 Å². The maximum absolute atomic E-state index is 12.0. The van der Waals surface area contributed by atoms with Crippen LogP contribution >= 0.6 is 0 Å². The summed E-state index contributed by atoms with van der Waals surface area (Å²) in [7, 11) is 0. The molecule has 0 radical (unpaired) electrons. The Balaban J connectivity index is 2.62. The molecule has 0 aliphatic carbocycles. The highest BCUT2D eigenvalue weighted by Gasteiger charge is 2.15. The van der Waals surface area contributed by atoms with E-state index in [1.807, 2.05) is 13.0 Å². The molecule has 1 aromatic carbocycles. The fourth-order valence-electron chi connectivity index (χ4n) is 1.69. The summed E-state index contributed by atoms with van der Waals surface area (Å²) < 4.78 is 5.39. The Morgan fingerprint density at radius 1 is 1.40 bits per heavy atom. The van der Waals surface area contributed by atoms with Crippen molar-refractivity contribution in [1.82, 2.24) is 4.90 Å². The number of amides is 1. The summed E-state index contributed by atoms with van der Waals surface area (Å²) in [6.07, 6.45) is 0. The van der Waals surface area contributed by atoms with Gasteiger partial charge in [-0.2, -0.15) is 10.5 Å². The number of nitriles is 2. The van der Waals surface area contributed by atoms with Crippen LogP contribution in [0.25, 0.3) is 0 Å². The quantitative estimate of drug-likeness (QED) is 0.792. The van der Waals surface area contributed by atoms with Crippen LogP contribution in [-0.4, -0.2) is 30.5 Å². The number of nitrogens with zero attached hydrogens (tertiary/aromatic N) is 3. The fourth-order valence-corrected chi connectivity index (χ4v) is 1.69. The lowest BCUT2D eigenvalue weighted by Gasteiger charge is -2.22. The Labute approximate surface area is 119 Å². The van der Waals surface area contributed by atoms with Gasteiger partial charge in [-0.3, -0.25) is 4.79 Å². The average molecular weight is 271 g/mol. The molecule has 5 heteroatoms. The minimum absolute atomic E-state index is 0.134. The molecule has 1 amide bonds. The number of para-hydroxylation sites is 1. The average Bonchev–Trinajstić information content (AvgIpc) is 2.50. The van der Waals surface area contributed by atoms with E-state index in [9.17, 15) is 4.79 Å². The SMILES string of the molecule is CCN(CC(C)C#N)C(=O)COc1ccccc1C#N. The molecular formula is C15H17N3O2. The third-order valence-electron chi connectivity index (χ3n) is 2.81. The van der Waals surface area contributed by atoms with Gasteiger partial charge in [0.25, 0.3) is 5.91 Å². The van der Waals surface area contributed by atoms with Crippen LogP contribution in [0.15, 0.2) is 24.3 Å². The second kappa shape index (κ2) is 7.81. The Hall–Kier alpha value is -2.53. The van der Waals surface area contributed by atoms with Crippen molar-refractivity contribution in [2.24, 2.45) is 5.92 Å².